The van der Waals surface area contributed by atoms with Crippen LogP contribution in [-0.2, 0) is 4.79 Å². The second-order valence-corrected chi connectivity index (χ2v) is 3.25. The molecular weight excluding hydrogens is 178 g/mol. The molecule has 4 nitrogen and oxygen atoms in total. The molecule has 4 heteroatoms. The fourth-order valence-electron chi connectivity index (χ4n) is 1.67. The molecule has 72 valence electrons. The average molecular weight is 189 g/mol. The predicted octanol–water partition coefficient (Wildman–Crippen LogP) is 0.805. The van der Waals surface area contributed by atoms with Crippen LogP contribution in [0.2, 0.25) is 0 Å². The number of hydrogen-bond donors (Lipinski definition) is 1. The van der Waals surface area contributed by atoms with Gasteiger partial charge in [-0.15, -0.1) is 0 Å². The Bertz CT molecular complexity index is 363. The second-order valence-electron chi connectivity index (χ2n) is 3.25. The molecule has 0 radical (unpaired) electrons. The largest absolute Gasteiger partial charge is 0.369 e. The Kier molecular flexibility index (Phi) is 2.26. The van der Waals surface area contributed by atoms with Crippen molar-refractivity contribution in [2.45, 2.75) is 12.8 Å². The van der Waals surface area contributed by atoms with Crippen molar-refractivity contribution in [3.8, 4) is 0 Å². The smallest absolute Gasteiger partial charge is 0.228 e. The first kappa shape index (κ1) is 8.87. The third-order valence-electron chi connectivity index (χ3n) is 2.34. The lowest BCUT2D eigenvalue weighted by atomic mass is 9.89. The zero-order valence-electron chi connectivity index (χ0n) is 7.68. The number of rotatable bonds is 1. The summed E-state index contributed by atoms with van der Waals surface area (Å²) in [5.41, 5.74) is 6.23. The molecule has 0 saturated carbocycles. The fourth-order valence-corrected chi connectivity index (χ4v) is 1.67. The zero-order valence-corrected chi connectivity index (χ0v) is 7.68. The molecule has 2 N–H and O–H groups in total. The highest BCUT2D eigenvalue weighted by Crippen LogP contribution is 2.28. The van der Waals surface area contributed by atoms with Crippen LogP contribution in [0.4, 0.5) is 0 Å². The Morgan fingerprint density at radius 3 is 2.79 bits per heavy atom. The number of hydrogen-bond acceptors (Lipinski definition) is 3. The van der Waals surface area contributed by atoms with E-state index in [1.54, 1.807) is 12.4 Å². The molecule has 1 aliphatic heterocycles. The van der Waals surface area contributed by atoms with Crippen LogP contribution in [-0.4, -0.2) is 18.3 Å². The van der Waals surface area contributed by atoms with Crippen molar-refractivity contribution < 1.29 is 4.79 Å². The summed E-state index contributed by atoms with van der Waals surface area (Å²) in [6.07, 6.45) is 8.79. The van der Waals surface area contributed by atoms with Crippen molar-refractivity contribution in [3.63, 3.8) is 0 Å². The van der Waals surface area contributed by atoms with E-state index in [0.717, 1.165) is 18.4 Å². The van der Waals surface area contributed by atoms with E-state index in [1.807, 2.05) is 12.2 Å². The average Bonchev–Trinajstić information content (AvgIpc) is 2.70. The quantitative estimate of drug-likeness (QED) is 0.609. The second kappa shape index (κ2) is 3.57. The maximum atomic E-state index is 11.2. The molecule has 2 rings (SSSR count). The summed E-state index contributed by atoms with van der Waals surface area (Å²) in [6.45, 7) is 0. The van der Waals surface area contributed by atoms with Crippen molar-refractivity contribution >= 4 is 18.3 Å². The molecule has 0 aromatic heterocycles. The number of carbonyl (C=O) groups excluding carboxylic acids is 1. The Labute approximate surface area is 81.9 Å². The first-order valence-electron chi connectivity index (χ1n) is 4.55. The highest BCUT2D eigenvalue weighted by atomic mass is 16.1. The molecule has 1 amide bonds. The summed E-state index contributed by atoms with van der Waals surface area (Å²) in [6, 6.07) is 0. The first-order chi connectivity index (χ1) is 6.79. The predicted molar refractivity (Wildman–Crippen MR) is 55.1 cm³/mol. The molecular formula is C10H11N3O. The SMILES string of the molecule is NC(=O)C1C=CCCC1=C1N=CC=N1. The van der Waals surface area contributed by atoms with Crippen LogP contribution >= 0.6 is 0 Å². The van der Waals surface area contributed by atoms with Crippen LogP contribution < -0.4 is 5.73 Å². The lowest BCUT2D eigenvalue weighted by Gasteiger charge is -2.17. The van der Waals surface area contributed by atoms with E-state index in [1.165, 1.54) is 0 Å². The molecule has 0 bridgehead atoms. The molecule has 1 atom stereocenters. The molecule has 0 aromatic carbocycles. The van der Waals surface area contributed by atoms with Crippen LogP contribution in [0.25, 0.3) is 0 Å². The summed E-state index contributed by atoms with van der Waals surface area (Å²) in [5, 5.41) is 0. The van der Waals surface area contributed by atoms with Gasteiger partial charge in [-0.3, -0.25) is 4.79 Å². The molecule has 1 heterocycles. The van der Waals surface area contributed by atoms with Gasteiger partial charge in [0.2, 0.25) is 5.91 Å². The van der Waals surface area contributed by atoms with Gasteiger partial charge in [-0.1, -0.05) is 12.2 Å². The standard InChI is InChI=1S/C10H11N3O/c11-9(14)7-3-1-2-4-8(7)10-12-5-6-13-10/h1,3,5-7H,2,4H2,(H2,11,14). The van der Waals surface area contributed by atoms with Crippen LogP contribution in [0.15, 0.2) is 33.5 Å². The van der Waals surface area contributed by atoms with Gasteiger partial charge >= 0.3 is 0 Å². The summed E-state index contributed by atoms with van der Waals surface area (Å²) in [5.74, 6) is -0.00921. The van der Waals surface area contributed by atoms with E-state index in [4.69, 9.17) is 5.73 Å². The van der Waals surface area contributed by atoms with Gasteiger partial charge in [0.1, 0.15) is 0 Å². The summed E-state index contributed by atoms with van der Waals surface area (Å²) >= 11 is 0. The number of nitrogens with two attached hydrogens (primary N) is 1. The Hall–Kier alpha value is -1.71. The van der Waals surface area contributed by atoms with Crippen molar-refractivity contribution in [2.75, 3.05) is 0 Å². The van der Waals surface area contributed by atoms with Gasteiger partial charge in [-0.25, -0.2) is 9.98 Å². The van der Waals surface area contributed by atoms with E-state index in [-0.39, 0.29) is 11.8 Å². The number of amides is 1. The number of allylic oxidation sites excluding steroid dienone is 1. The van der Waals surface area contributed by atoms with Crippen LogP contribution in [0, 0.1) is 5.92 Å². The Morgan fingerprint density at radius 1 is 1.43 bits per heavy atom. The molecule has 2 aliphatic rings. The van der Waals surface area contributed by atoms with Gasteiger partial charge in [0.15, 0.2) is 5.82 Å². The van der Waals surface area contributed by atoms with Crippen molar-refractivity contribution in [2.24, 2.45) is 21.6 Å². The summed E-state index contributed by atoms with van der Waals surface area (Å²) in [4.78, 5) is 19.3. The van der Waals surface area contributed by atoms with Gasteiger partial charge in [0.05, 0.1) is 5.92 Å². The Morgan fingerprint density at radius 2 is 2.14 bits per heavy atom. The third kappa shape index (κ3) is 1.51. The number of carbonyl (C=O) groups is 1. The molecule has 0 saturated heterocycles. The molecule has 14 heavy (non-hydrogen) atoms. The van der Waals surface area contributed by atoms with Crippen molar-refractivity contribution in [1.82, 2.24) is 0 Å². The minimum absolute atomic E-state index is 0.328. The minimum Gasteiger partial charge on any atom is -0.369 e. The lowest BCUT2D eigenvalue weighted by molar-refractivity contribution is -0.119. The third-order valence-corrected chi connectivity index (χ3v) is 2.34. The van der Waals surface area contributed by atoms with E-state index in [2.05, 4.69) is 9.98 Å². The maximum absolute atomic E-state index is 11.2. The maximum Gasteiger partial charge on any atom is 0.228 e. The van der Waals surface area contributed by atoms with E-state index in [9.17, 15) is 4.79 Å². The van der Waals surface area contributed by atoms with E-state index in [0.29, 0.717) is 5.82 Å². The highest BCUT2D eigenvalue weighted by molar-refractivity contribution is 6.18. The molecule has 0 aromatic rings. The van der Waals surface area contributed by atoms with Crippen LogP contribution in [0.1, 0.15) is 12.8 Å². The van der Waals surface area contributed by atoms with Gasteiger partial charge in [-0.05, 0) is 18.4 Å². The topological polar surface area (TPSA) is 67.8 Å². The summed E-state index contributed by atoms with van der Waals surface area (Å²) < 4.78 is 0. The normalized spacial score (nSPS) is 24.7. The monoisotopic (exact) mass is 189 g/mol. The lowest BCUT2D eigenvalue weighted by Crippen LogP contribution is -2.25. The van der Waals surface area contributed by atoms with E-state index >= 15 is 0 Å². The number of primary amides is 1. The van der Waals surface area contributed by atoms with E-state index < -0.39 is 0 Å². The van der Waals surface area contributed by atoms with Gasteiger partial charge < -0.3 is 5.73 Å². The Balaban J connectivity index is 2.38. The molecule has 0 spiro atoms. The number of aliphatic imine (C=N–C) groups is 2. The molecule has 1 aliphatic carbocycles. The molecule has 1 unspecified atom stereocenters. The van der Waals surface area contributed by atoms with Gasteiger partial charge in [0, 0.05) is 12.4 Å². The molecule has 0 fully saturated rings. The fraction of sp³-hybridized carbons (Fsp3) is 0.300. The van der Waals surface area contributed by atoms with Crippen LogP contribution in [0.3, 0.4) is 0 Å². The zero-order chi connectivity index (χ0) is 9.97. The first-order valence-corrected chi connectivity index (χ1v) is 4.55. The number of nitrogens with zero attached hydrogens (tertiary/aromatic N) is 2. The highest BCUT2D eigenvalue weighted by Gasteiger charge is 2.23. The van der Waals surface area contributed by atoms with Crippen LogP contribution in [0.5, 0.6) is 0 Å². The van der Waals surface area contributed by atoms with Crippen molar-refractivity contribution in [3.05, 3.63) is 23.5 Å². The van der Waals surface area contributed by atoms with Gasteiger partial charge in [-0.2, -0.15) is 0 Å². The van der Waals surface area contributed by atoms with Gasteiger partial charge in [0.25, 0.3) is 0 Å². The minimum atomic E-state index is -0.333. The summed E-state index contributed by atoms with van der Waals surface area (Å²) in [7, 11) is 0. The van der Waals surface area contributed by atoms with Crippen molar-refractivity contribution in [1.29, 1.82) is 0 Å².